The molecule has 1 rings (SSSR count). The van der Waals surface area contributed by atoms with Crippen molar-refractivity contribution in [3.05, 3.63) is 0 Å². The summed E-state index contributed by atoms with van der Waals surface area (Å²) >= 11 is 0. The second kappa shape index (κ2) is 3.51. The van der Waals surface area contributed by atoms with Crippen LogP contribution in [0.4, 0.5) is 0 Å². The lowest BCUT2D eigenvalue weighted by atomic mass is 9.66. The van der Waals surface area contributed by atoms with Crippen LogP contribution in [0, 0.1) is 16.7 Å². The van der Waals surface area contributed by atoms with Crippen molar-refractivity contribution in [2.75, 3.05) is 7.11 Å². The average molecular weight is 214 g/mol. The standard InChI is InChI=1S/C11H18O4/c1-10(2)7(8(12)15-4)5-6-11(10,3)9(13)14/h7H,5-6H2,1-4H3,(H,13,14)/t7-,11-/m0/s1. The van der Waals surface area contributed by atoms with Crippen molar-refractivity contribution in [3.63, 3.8) is 0 Å². The number of rotatable bonds is 2. The number of carboxylic acid groups (broad SMARTS) is 1. The molecule has 0 aromatic rings. The molecule has 0 radical (unpaired) electrons. The summed E-state index contributed by atoms with van der Waals surface area (Å²) in [6, 6.07) is 0. The van der Waals surface area contributed by atoms with Gasteiger partial charge in [-0.05, 0) is 25.2 Å². The third-order valence-electron chi connectivity index (χ3n) is 4.18. The van der Waals surface area contributed by atoms with Gasteiger partial charge in [0.1, 0.15) is 0 Å². The van der Waals surface area contributed by atoms with Crippen molar-refractivity contribution in [2.45, 2.75) is 33.6 Å². The Kier molecular flexibility index (Phi) is 2.81. The largest absolute Gasteiger partial charge is 0.481 e. The van der Waals surface area contributed by atoms with E-state index in [-0.39, 0.29) is 11.9 Å². The molecule has 0 aromatic heterocycles. The van der Waals surface area contributed by atoms with Gasteiger partial charge in [0.15, 0.2) is 0 Å². The number of esters is 1. The molecule has 4 heteroatoms. The summed E-state index contributed by atoms with van der Waals surface area (Å²) in [5.41, 5.74) is -1.40. The van der Waals surface area contributed by atoms with Crippen LogP contribution in [0.5, 0.6) is 0 Å². The highest BCUT2D eigenvalue weighted by Gasteiger charge is 2.58. The van der Waals surface area contributed by atoms with E-state index in [0.29, 0.717) is 12.8 Å². The predicted molar refractivity (Wildman–Crippen MR) is 54.3 cm³/mol. The van der Waals surface area contributed by atoms with Crippen LogP contribution in [0.3, 0.4) is 0 Å². The fourth-order valence-electron chi connectivity index (χ4n) is 2.44. The fraction of sp³-hybridized carbons (Fsp3) is 0.818. The van der Waals surface area contributed by atoms with Gasteiger partial charge in [-0.15, -0.1) is 0 Å². The lowest BCUT2D eigenvalue weighted by molar-refractivity contribution is -0.159. The van der Waals surface area contributed by atoms with Gasteiger partial charge in [-0.3, -0.25) is 9.59 Å². The molecule has 0 amide bonds. The van der Waals surface area contributed by atoms with Crippen LogP contribution in [0.25, 0.3) is 0 Å². The van der Waals surface area contributed by atoms with E-state index in [1.54, 1.807) is 6.92 Å². The van der Waals surface area contributed by atoms with Gasteiger partial charge in [0.25, 0.3) is 0 Å². The maximum atomic E-state index is 11.5. The molecule has 1 fully saturated rings. The topological polar surface area (TPSA) is 63.6 Å². The summed E-state index contributed by atoms with van der Waals surface area (Å²) < 4.78 is 4.71. The molecule has 1 saturated carbocycles. The minimum absolute atomic E-state index is 0.301. The number of carboxylic acids is 1. The molecule has 0 unspecified atom stereocenters. The van der Waals surface area contributed by atoms with Crippen LogP contribution in [-0.2, 0) is 14.3 Å². The van der Waals surface area contributed by atoms with Crippen LogP contribution in [0.1, 0.15) is 33.6 Å². The number of carbonyl (C=O) groups excluding carboxylic acids is 1. The first kappa shape index (κ1) is 12.0. The molecule has 0 aromatic carbocycles. The Labute approximate surface area is 89.6 Å². The van der Waals surface area contributed by atoms with E-state index in [0.717, 1.165) is 0 Å². The van der Waals surface area contributed by atoms with E-state index >= 15 is 0 Å². The van der Waals surface area contributed by atoms with Crippen molar-refractivity contribution >= 4 is 11.9 Å². The maximum Gasteiger partial charge on any atom is 0.309 e. The second-order valence-corrected chi connectivity index (χ2v) is 4.97. The van der Waals surface area contributed by atoms with Crippen LogP contribution >= 0.6 is 0 Å². The predicted octanol–water partition coefficient (Wildman–Crippen LogP) is 1.69. The van der Waals surface area contributed by atoms with E-state index in [9.17, 15) is 14.7 Å². The van der Waals surface area contributed by atoms with E-state index in [2.05, 4.69) is 0 Å². The maximum absolute atomic E-state index is 11.5. The zero-order chi connectivity index (χ0) is 11.9. The Hall–Kier alpha value is -1.06. The highest BCUT2D eigenvalue weighted by molar-refractivity contribution is 5.80. The molecule has 15 heavy (non-hydrogen) atoms. The van der Waals surface area contributed by atoms with Crippen molar-refractivity contribution in [3.8, 4) is 0 Å². The molecule has 2 atom stereocenters. The van der Waals surface area contributed by atoms with Gasteiger partial charge in [0, 0.05) is 0 Å². The number of hydrogen-bond donors (Lipinski definition) is 1. The number of methoxy groups -OCH3 is 1. The normalized spacial score (nSPS) is 33.7. The van der Waals surface area contributed by atoms with E-state index in [4.69, 9.17) is 4.74 Å². The van der Waals surface area contributed by atoms with Crippen molar-refractivity contribution in [2.24, 2.45) is 16.7 Å². The molecule has 4 nitrogen and oxygen atoms in total. The monoisotopic (exact) mass is 214 g/mol. The van der Waals surface area contributed by atoms with E-state index in [1.807, 2.05) is 13.8 Å². The molecule has 86 valence electrons. The molecule has 1 aliphatic carbocycles. The summed E-state index contributed by atoms with van der Waals surface area (Å²) in [6.07, 6.45) is 1.11. The first-order chi connectivity index (χ1) is 6.77. The van der Waals surface area contributed by atoms with E-state index < -0.39 is 16.8 Å². The summed E-state index contributed by atoms with van der Waals surface area (Å²) in [4.78, 5) is 22.8. The molecule has 0 saturated heterocycles. The summed E-state index contributed by atoms with van der Waals surface area (Å²) in [6.45, 7) is 5.36. The lowest BCUT2D eigenvalue weighted by Crippen LogP contribution is -2.42. The Morgan fingerprint density at radius 1 is 1.33 bits per heavy atom. The van der Waals surface area contributed by atoms with Gasteiger partial charge < -0.3 is 9.84 Å². The van der Waals surface area contributed by atoms with Gasteiger partial charge in [0.2, 0.25) is 0 Å². The van der Waals surface area contributed by atoms with Crippen molar-refractivity contribution in [1.82, 2.24) is 0 Å². The second-order valence-electron chi connectivity index (χ2n) is 4.97. The smallest absolute Gasteiger partial charge is 0.309 e. The SMILES string of the molecule is COC(=O)[C@@H]1CC[C@@](C)(C(=O)O)C1(C)C. The third kappa shape index (κ3) is 1.52. The fourth-order valence-corrected chi connectivity index (χ4v) is 2.44. The molecular formula is C11H18O4. The van der Waals surface area contributed by atoms with Gasteiger partial charge in [-0.2, -0.15) is 0 Å². The van der Waals surface area contributed by atoms with Gasteiger partial charge in [0.05, 0.1) is 18.4 Å². The minimum Gasteiger partial charge on any atom is -0.481 e. The number of carbonyl (C=O) groups is 2. The van der Waals surface area contributed by atoms with Crippen molar-refractivity contribution < 1.29 is 19.4 Å². The lowest BCUT2D eigenvalue weighted by Gasteiger charge is -2.37. The van der Waals surface area contributed by atoms with Gasteiger partial charge in [-0.25, -0.2) is 0 Å². The summed E-state index contributed by atoms with van der Waals surface area (Å²) in [5, 5.41) is 9.23. The molecule has 0 heterocycles. The van der Waals surface area contributed by atoms with Crippen LogP contribution < -0.4 is 0 Å². The molecule has 0 aliphatic heterocycles. The Bertz CT molecular complexity index is 295. The quantitative estimate of drug-likeness (QED) is 0.710. The zero-order valence-electron chi connectivity index (χ0n) is 9.66. The van der Waals surface area contributed by atoms with Crippen LogP contribution in [-0.4, -0.2) is 24.2 Å². The third-order valence-corrected chi connectivity index (χ3v) is 4.18. The van der Waals surface area contributed by atoms with Gasteiger partial charge >= 0.3 is 11.9 Å². The Morgan fingerprint density at radius 2 is 1.87 bits per heavy atom. The molecule has 1 aliphatic rings. The molecule has 1 N–H and O–H groups in total. The zero-order valence-corrected chi connectivity index (χ0v) is 9.66. The summed E-state index contributed by atoms with van der Waals surface area (Å²) in [7, 11) is 1.34. The van der Waals surface area contributed by atoms with Gasteiger partial charge in [-0.1, -0.05) is 13.8 Å². The Morgan fingerprint density at radius 3 is 2.20 bits per heavy atom. The number of ether oxygens (including phenoxy) is 1. The molecule has 0 bridgehead atoms. The molecule has 0 spiro atoms. The Balaban J connectivity index is 3.04. The van der Waals surface area contributed by atoms with Crippen LogP contribution in [0.15, 0.2) is 0 Å². The highest BCUT2D eigenvalue weighted by atomic mass is 16.5. The highest BCUT2D eigenvalue weighted by Crippen LogP contribution is 2.56. The average Bonchev–Trinajstić information content (AvgIpc) is 2.39. The first-order valence-corrected chi connectivity index (χ1v) is 5.08. The van der Waals surface area contributed by atoms with Crippen molar-refractivity contribution in [1.29, 1.82) is 0 Å². The number of aliphatic carboxylic acids is 1. The first-order valence-electron chi connectivity index (χ1n) is 5.08. The molecular weight excluding hydrogens is 196 g/mol. The van der Waals surface area contributed by atoms with E-state index in [1.165, 1.54) is 7.11 Å². The van der Waals surface area contributed by atoms with Crippen LogP contribution in [0.2, 0.25) is 0 Å². The summed E-state index contributed by atoms with van der Waals surface area (Å²) in [5.74, 6) is -1.45. The number of hydrogen-bond acceptors (Lipinski definition) is 3. The minimum atomic E-state index is -0.841.